The molecule has 1 nitrogen and oxygen atoms in total. The Bertz CT molecular complexity index is 3140. The first-order valence-electron chi connectivity index (χ1n) is 22.4. The van der Waals surface area contributed by atoms with Crippen LogP contribution < -0.4 is 0 Å². The predicted octanol–water partition coefficient (Wildman–Crippen LogP) is 17.9. The Morgan fingerprint density at radius 3 is 0.708 bits per heavy atom. The van der Waals surface area contributed by atoms with Crippen molar-refractivity contribution in [3.63, 3.8) is 0 Å². The molecule has 304 valence electrons. The van der Waals surface area contributed by atoms with E-state index in [-0.39, 0.29) is 11.8 Å². The summed E-state index contributed by atoms with van der Waals surface area (Å²) < 4.78 is 7.06. The zero-order valence-corrected chi connectivity index (χ0v) is 36.8. The second-order valence-electron chi connectivity index (χ2n) is 17.4. The first-order chi connectivity index (χ1) is 32.2. The van der Waals surface area contributed by atoms with Gasteiger partial charge < -0.3 is 4.42 Å². The van der Waals surface area contributed by atoms with Crippen molar-refractivity contribution in [1.29, 1.82) is 0 Å². The van der Waals surface area contributed by atoms with Gasteiger partial charge in [-0.05, 0) is 92.0 Å². The molecule has 9 aromatic carbocycles. The number of furan rings is 1. The number of rotatable bonds is 6. The fraction of sp³-hybridized carbons (Fsp3) is 0.0323. The lowest BCUT2D eigenvalue weighted by molar-refractivity contribution is 0.602. The lowest BCUT2D eigenvalue weighted by Crippen LogP contribution is -2.27. The molecule has 12 aromatic rings. The van der Waals surface area contributed by atoms with Gasteiger partial charge in [0.1, 0.15) is 11.5 Å². The van der Waals surface area contributed by atoms with Crippen molar-refractivity contribution in [1.82, 2.24) is 0 Å². The molecule has 0 atom stereocenters. The van der Waals surface area contributed by atoms with Crippen LogP contribution in [-0.4, -0.2) is 0 Å². The summed E-state index contributed by atoms with van der Waals surface area (Å²) in [4.78, 5) is 5.28. The lowest BCUT2D eigenvalue weighted by Gasteiger charge is -2.42. The Morgan fingerprint density at radius 1 is 0.246 bits per heavy atom. The second kappa shape index (κ2) is 14.5. The van der Waals surface area contributed by atoms with Crippen LogP contribution in [0.25, 0.3) is 96.7 Å². The maximum atomic E-state index is 7.06. The molecule has 3 aromatic heterocycles. The van der Waals surface area contributed by atoms with Gasteiger partial charge in [0.05, 0.1) is 0 Å². The van der Waals surface area contributed by atoms with E-state index in [0.717, 1.165) is 33.4 Å². The van der Waals surface area contributed by atoms with E-state index in [0.29, 0.717) is 0 Å². The molecule has 3 heteroatoms. The summed E-state index contributed by atoms with van der Waals surface area (Å²) in [5, 5.41) is 7.60. The average Bonchev–Trinajstić information content (AvgIpc) is 4.07. The van der Waals surface area contributed by atoms with Crippen LogP contribution in [0.5, 0.6) is 0 Å². The van der Waals surface area contributed by atoms with Crippen LogP contribution in [0.15, 0.2) is 223 Å². The Hall–Kier alpha value is -7.56. The third kappa shape index (κ3) is 5.63. The zero-order valence-electron chi connectivity index (χ0n) is 35.2. The van der Waals surface area contributed by atoms with Crippen molar-refractivity contribution in [2.45, 2.75) is 11.8 Å². The van der Waals surface area contributed by atoms with Crippen molar-refractivity contribution in [3.8, 4) is 64.4 Å². The third-order valence-electron chi connectivity index (χ3n) is 13.8. The minimum absolute atomic E-state index is 0.0179. The average molecular weight is 863 g/mol. The van der Waals surface area contributed by atoms with E-state index in [2.05, 4.69) is 218 Å². The first-order valence-corrected chi connectivity index (χ1v) is 24.0. The molecule has 0 N–H and O–H groups in total. The Labute approximate surface area is 385 Å². The summed E-state index contributed by atoms with van der Waals surface area (Å²) in [6, 6.07) is 80.6. The van der Waals surface area contributed by atoms with E-state index in [1.54, 1.807) is 0 Å². The monoisotopic (exact) mass is 862 g/mol. The number of fused-ring (bicyclic) bond motifs is 3. The molecule has 0 amide bonds. The molecule has 0 saturated carbocycles. The SMILES string of the molecule is c1ccc(-c2oc(-c3ccccc3)c3cc4c(cc23)C2c3cc5c(-c6ccccc6)sc(-c6ccccc6)c5cc3C4c3cc4c(-c5ccccc5)sc(-c5ccccc5)c4cc32)cc1. The molecule has 0 spiro atoms. The standard InChI is InChI=1S/C62H38OS2/c1-7-19-37(20-8-1)57-49-31-43-44(32-50(49)58(63-57)38-21-9-2-10-22-38)56-47-35-53-51(59(39-23-11-3-12-24-39)64-61(53)41-27-15-5-16-28-41)33-45(47)55(43)46-34-52-54(36-48(46)56)62(42-29-17-6-18-30-42)65-60(52)40-25-13-4-14-26-40/h1-36,55-56H. The van der Waals surface area contributed by atoms with E-state index in [4.69, 9.17) is 4.42 Å². The van der Waals surface area contributed by atoms with Crippen molar-refractivity contribution in [2.24, 2.45) is 0 Å². The Kier molecular flexibility index (Phi) is 8.22. The highest BCUT2D eigenvalue weighted by Crippen LogP contribution is 2.61. The summed E-state index contributed by atoms with van der Waals surface area (Å²) in [6.07, 6.45) is 0. The van der Waals surface area contributed by atoms with Crippen LogP contribution in [0, 0.1) is 0 Å². The van der Waals surface area contributed by atoms with Crippen molar-refractivity contribution in [3.05, 3.63) is 252 Å². The van der Waals surface area contributed by atoms with E-state index in [9.17, 15) is 0 Å². The quantitative estimate of drug-likeness (QED) is 0.162. The van der Waals surface area contributed by atoms with Crippen LogP contribution >= 0.6 is 22.7 Å². The highest BCUT2D eigenvalue weighted by molar-refractivity contribution is 7.21. The van der Waals surface area contributed by atoms with Crippen LogP contribution in [0.1, 0.15) is 45.2 Å². The first kappa shape index (κ1) is 36.9. The van der Waals surface area contributed by atoms with Crippen LogP contribution in [0.2, 0.25) is 0 Å². The second-order valence-corrected chi connectivity index (χ2v) is 19.5. The molecule has 0 aliphatic heterocycles. The van der Waals surface area contributed by atoms with E-state index < -0.39 is 0 Å². The fourth-order valence-electron chi connectivity index (χ4n) is 11.0. The maximum absolute atomic E-state index is 7.06. The van der Waals surface area contributed by atoms with Gasteiger partial charge in [-0.15, -0.1) is 22.7 Å². The lowest BCUT2D eigenvalue weighted by atomic mass is 9.60. The molecular formula is C62H38OS2. The largest absolute Gasteiger partial charge is 0.455 e. The smallest absolute Gasteiger partial charge is 0.142 e. The van der Waals surface area contributed by atoms with Gasteiger partial charge in [-0.1, -0.05) is 182 Å². The summed E-state index contributed by atoms with van der Waals surface area (Å²) in [6.45, 7) is 0. The van der Waals surface area contributed by atoms with Gasteiger partial charge in [0.15, 0.2) is 0 Å². The molecule has 0 fully saturated rings. The zero-order chi connectivity index (χ0) is 42.6. The molecule has 0 unspecified atom stereocenters. The molecule has 3 heterocycles. The van der Waals surface area contributed by atoms with Crippen LogP contribution in [0.3, 0.4) is 0 Å². The van der Waals surface area contributed by atoms with Gasteiger partial charge in [0.25, 0.3) is 0 Å². The highest BCUT2D eigenvalue weighted by atomic mass is 32.1. The Balaban J connectivity index is 1.10. The fourth-order valence-corrected chi connectivity index (χ4v) is 13.5. The molecule has 65 heavy (non-hydrogen) atoms. The van der Waals surface area contributed by atoms with Gasteiger partial charge in [-0.2, -0.15) is 0 Å². The van der Waals surface area contributed by atoms with Gasteiger partial charge >= 0.3 is 0 Å². The Morgan fingerprint density at radius 2 is 0.462 bits per heavy atom. The number of benzene rings is 9. The highest BCUT2D eigenvalue weighted by Gasteiger charge is 2.43. The molecule has 3 aliphatic carbocycles. The number of hydrogen-bond donors (Lipinski definition) is 0. The van der Waals surface area contributed by atoms with Crippen LogP contribution in [-0.2, 0) is 0 Å². The molecule has 2 bridgehead atoms. The molecule has 0 saturated heterocycles. The summed E-state index contributed by atoms with van der Waals surface area (Å²) >= 11 is 3.85. The molecule has 0 radical (unpaired) electrons. The van der Waals surface area contributed by atoms with Gasteiger partial charge in [-0.25, -0.2) is 0 Å². The summed E-state index contributed by atoms with van der Waals surface area (Å²) in [5.74, 6) is 1.88. The van der Waals surface area contributed by atoms with Gasteiger partial charge in [0, 0.05) is 74.8 Å². The number of thiophene rings is 2. The maximum Gasteiger partial charge on any atom is 0.142 e. The molecule has 3 aliphatic rings. The minimum atomic E-state index is 0.0179. The molecule has 15 rings (SSSR count). The normalized spacial score (nSPS) is 14.8. The summed E-state index contributed by atoms with van der Waals surface area (Å²) in [7, 11) is 0. The van der Waals surface area contributed by atoms with Crippen molar-refractivity contribution < 1.29 is 4.42 Å². The predicted molar refractivity (Wildman–Crippen MR) is 274 cm³/mol. The van der Waals surface area contributed by atoms with Gasteiger partial charge in [0.2, 0.25) is 0 Å². The van der Waals surface area contributed by atoms with Gasteiger partial charge in [-0.3, -0.25) is 0 Å². The van der Waals surface area contributed by atoms with Crippen LogP contribution in [0.4, 0.5) is 0 Å². The minimum Gasteiger partial charge on any atom is -0.455 e. The summed E-state index contributed by atoms with van der Waals surface area (Å²) in [5.41, 5.74) is 15.6. The third-order valence-corrected chi connectivity index (χ3v) is 16.5. The van der Waals surface area contributed by atoms with Crippen molar-refractivity contribution >= 4 is 55.0 Å². The van der Waals surface area contributed by atoms with E-state index >= 15 is 0 Å². The van der Waals surface area contributed by atoms with E-state index in [1.165, 1.54) is 96.7 Å². The number of hydrogen-bond acceptors (Lipinski definition) is 3. The van der Waals surface area contributed by atoms with E-state index in [1.807, 2.05) is 22.7 Å². The topological polar surface area (TPSA) is 13.1 Å². The molecular weight excluding hydrogens is 825 g/mol. The van der Waals surface area contributed by atoms with Crippen molar-refractivity contribution in [2.75, 3.05) is 0 Å².